The van der Waals surface area contributed by atoms with Gasteiger partial charge in [0, 0.05) is 23.5 Å². The molecule has 0 fully saturated rings. The summed E-state index contributed by atoms with van der Waals surface area (Å²) in [6, 6.07) is 19.0. The van der Waals surface area contributed by atoms with Crippen LogP contribution in [0, 0.1) is 0 Å². The highest BCUT2D eigenvalue weighted by atomic mass is 35.5. The second-order valence-corrected chi connectivity index (χ2v) is 6.11. The molecule has 0 aliphatic carbocycles. The molecule has 0 spiro atoms. The van der Waals surface area contributed by atoms with Crippen LogP contribution in [-0.2, 0) is 0 Å². The first kappa shape index (κ1) is 14.2. The molecule has 0 saturated heterocycles. The van der Waals surface area contributed by atoms with Crippen LogP contribution >= 0.6 is 11.6 Å². The third-order valence-electron chi connectivity index (χ3n) is 3.87. The average molecular weight is 299 g/mol. The van der Waals surface area contributed by atoms with E-state index in [4.69, 9.17) is 16.7 Å². The minimum atomic E-state index is 0.315. The molecule has 1 heterocycles. The SMILES string of the molecule is CC(C)N1CC(c2ccccc2)C(c2ccc(Cl)cc2)=N1. The summed E-state index contributed by atoms with van der Waals surface area (Å²) in [5.41, 5.74) is 3.59. The summed E-state index contributed by atoms with van der Waals surface area (Å²) in [7, 11) is 0. The second-order valence-electron chi connectivity index (χ2n) is 5.67. The smallest absolute Gasteiger partial charge is 0.0770 e. The van der Waals surface area contributed by atoms with E-state index in [1.807, 2.05) is 12.1 Å². The maximum Gasteiger partial charge on any atom is 0.0770 e. The van der Waals surface area contributed by atoms with Gasteiger partial charge in [0.25, 0.3) is 0 Å². The molecule has 3 rings (SSSR count). The lowest BCUT2D eigenvalue weighted by Crippen LogP contribution is -2.25. The van der Waals surface area contributed by atoms with E-state index in [1.165, 1.54) is 5.56 Å². The van der Waals surface area contributed by atoms with Crippen LogP contribution in [-0.4, -0.2) is 23.3 Å². The Kier molecular flexibility index (Phi) is 3.98. The lowest BCUT2D eigenvalue weighted by atomic mass is 9.90. The van der Waals surface area contributed by atoms with Crippen LogP contribution in [0.25, 0.3) is 0 Å². The number of halogens is 1. The van der Waals surface area contributed by atoms with E-state index < -0.39 is 0 Å². The molecule has 1 aliphatic heterocycles. The molecule has 2 aromatic rings. The standard InChI is InChI=1S/C18H19ClN2/c1-13(2)21-12-17(14-6-4-3-5-7-14)18(20-21)15-8-10-16(19)11-9-15/h3-11,13,17H,12H2,1-2H3. The van der Waals surface area contributed by atoms with Crippen molar-refractivity contribution < 1.29 is 0 Å². The highest BCUT2D eigenvalue weighted by Crippen LogP contribution is 2.30. The van der Waals surface area contributed by atoms with Gasteiger partial charge in [-0.3, -0.25) is 5.01 Å². The predicted molar refractivity (Wildman–Crippen MR) is 89.0 cm³/mol. The van der Waals surface area contributed by atoms with E-state index in [9.17, 15) is 0 Å². The molecule has 21 heavy (non-hydrogen) atoms. The van der Waals surface area contributed by atoms with E-state index in [0.717, 1.165) is 22.8 Å². The molecule has 0 saturated carbocycles. The van der Waals surface area contributed by atoms with Crippen molar-refractivity contribution in [3.63, 3.8) is 0 Å². The molecule has 1 atom stereocenters. The van der Waals surface area contributed by atoms with Gasteiger partial charge in [0.15, 0.2) is 0 Å². The molecule has 1 unspecified atom stereocenters. The third kappa shape index (κ3) is 2.96. The molecule has 2 aromatic carbocycles. The third-order valence-corrected chi connectivity index (χ3v) is 4.13. The zero-order valence-corrected chi connectivity index (χ0v) is 13.1. The van der Waals surface area contributed by atoms with Crippen molar-refractivity contribution in [2.75, 3.05) is 6.54 Å². The molecule has 108 valence electrons. The van der Waals surface area contributed by atoms with Crippen LogP contribution in [0.1, 0.15) is 30.9 Å². The summed E-state index contributed by atoms with van der Waals surface area (Å²) in [6.07, 6.45) is 0. The Bertz CT molecular complexity index is 632. The Morgan fingerprint density at radius 2 is 1.71 bits per heavy atom. The number of benzene rings is 2. The molecular formula is C18H19ClN2. The lowest BCUT2D eigenvalue weighted by molar-refractivity contribution is 0.251. The van der Waals surface area contributed by atoms with Gasteiger partial charge in [0.1, 0.15) is 0 Å². The first-order chi connectivity index (χ1) is 10.1. The predicted octanol–water partition coefficient (Wildman–Crippen LogP) is 4.55. The fraction of sp³-hybridized carbons (Fsp3) is 0.278. The van der Waals surface area contributed by atoms with Crippen LogP contribution < -0.4 is 0 Å². The van der Waals surface area contributed by atoms with Gasteiger partial charge < -0.3 is 0 Å². The zero-order chi connectivity index (χ0) is 14.8. The molecule has 0 amide bonds. The maximum atomic E-state index is 6.00. The van der Waals surface area contributed by atoms with Crippen molar-refractivity contribution in [3.8, 4) is 0 Å². The van der Waals surface area contributed by atoms with E-state index in [-0.39, 0.29) is 0 Å². The van der Waals surface area contributed by atoms with Crippen molar-refractivity contribution in [1.29, 1.82) is 0 Å². The Labute approximate surface area is 131 Å². The van der Waals surface area contributed by atoms with E-state index >= 15 is 0 Å². The van der Waals surface area contributed by atoms with Crippen LogP contribution in [0.2, 0.25) is 5.02 Å². The highest BCUT2D eigenvalue weighted by molar-refractivity contribution is 6.30. The van der Waals surface area contributed by atoms with E-state index in [2.05, 4.69) is 61.3 Å². The Morgan fingerprint density at radius 1 is 1.05 bits per heavy atom. The van der Waals surface area contributed by atoms with Gasteiger partial charge in [-0.2, -0.15) is 5.10 Å². The quantitative estimate of drug-likeness (QED) is 0.811. The van der Waals surface area contributed by atoms with Crippen molar-refractivity contribution in [2.45, 2.75) is 25.8 Å². The first-order valence-electron chi connectivity index (χ1n) is 7.31. The van der Waals surface area contributed by atoms with Crippen molar-refractivity contribution in [3.05, 3.63) is 70.7 Å². The van der Waals surface area contributed by atoms with Crippen LogP contribution in [0.15, 0.2) is 59.7 Å². The van der Waals surface area contributed by atoms with Crippen molar-refractivity contribution >= 4 is 17.3 Å². The number of hydrazone groups is 1. The minimum Gasteiger partial charge on any atom is -0.293 e. The van der Waals surface area contributed by atoms with E-state index in [0.29, 0.717) is 12.0 Å². The lowest BCUT2D eigenvalue weighted by Gasteiger charge is -2.19. The molecule has 1 aliphatic rings. The van der Waals surface area contributed by atoms with Gasteiger partial charge in [-0.1, -0.05) is 54.1 Å². The topological polar surface area (TPSA) is 15.6 Å². The van der Waals surface area contributed by atoms with Gasteiger partial charge in [-0.25, -0.2) is 0 Å². The first-order valence-corrected chi connectivity index (χ1v) is 7.69. The average Bonchev–Trinajstić information content (AvgIpc) is 2.94. The van der Waals surface area contributed by atoms with Crippen LogP contribution in [0.5, 0.6) is 0 Å². The van der Waals surface area contributed by atoms with Crippen molar-refractivity contribution in [1.82, 2.24) is 5.01 Å². The zero-order valence-electron chi connectivity index (χ0n) is 12.3. The summed E-state index contributed by atoms with van der Waals surface area (Å²) < 4.78 is 0. The fourth-order valence-corrected chi connectivity index (χ4v) is 2.80. The summed E-state index contributed by atoms with van der Waals surface area (Å²) >= 11 is 6.00. The van der Waals surface area contributed by atoms with Gasteiger partial charge >= 0.3 is 0 Å². The molecule has 0 N–H and O–H groups in total. The largest absolute Gasteiger partial charge is 0.293 e. The fourth-order valence-electron chi connectivity index (χ4n) is 2.68. The molecular weight excluding hydrogens is 280 g/mol. The highest BCUT2D eigenvalue weighted by Gasteiger charge is 2.29. The van der Waals surface area contributed by atoms with Gasteiger partial charge in [0.05, 0.1) is 5.71 Å². The monoisotopic (exact) mass is 298 g/mol. The van der Waals surface area contributed by atoms with Gasteiger partial charge in [0.2, 0.25) is 0 Å². The van der Waals surface area contributed by atoms with Gasteiger partial charge in [-0.05, 0) is 37.1 Å². The normalized spacial score (nSPS) is 18.2. The molecule has 3 heteroatoms. The number of hydrogen-bond donors (Lipinski definition) is 0. The number of hydrogen-bond acceptors (Lipinski definition) is 2. The minimum absolute atomic E-state index is 0.315. The summed E-state index contributed by atoms with van der Waals surface area (Å²) in [4.78, 5) is 0. The van der Waals surface area contributed by atoms with Gasteiger partial charge in [-0.15, -0.1) is 0 Å². The number of nitrogens with zero attached hydrogens (tertiary/aromatic N) is 2. The van der Waals surface area contributed by atoms with Crippen LogP contribution in [0.4, 0.5) is 0 Å². The molecule has 0 bridgehead atoms. The summed E-state index contributed by atoms with van der Waals surface area (Å²) in [5.74, 6) is 0.315. The molecule has 0 aromatic heterocycles. The Hall–Kier alpha value is -1.80. The number of rotatable bonds is 3. The Morgan fingerprint density at radius 3 is 2.33 bits per heavy atom. The van der Waals surface area contributed by atoms with E-state index in [1.54, 1.807) is 0 Å². The van der Waals surface area contributed by atoms with Crippen molar-refractivity contribution in [2.24, 2.45) is 5.10 Å². The Balaban J connectivity index is 1.99. The summed E-state index contributed by atoms with van der Waals surface area (Å²) in [6.45, 7) is 5.28. The maximum absolute atomic E-state index is 6.00. The summed E-state index contributed by atoms with van der Waals surface area (Å²) in [5, 5.41) is 7.78. The van der Waals surface area contributed by atoms with Crippen LogP contribution in [0.3, 0.4) is 0 Å². The second kappa shape index (κ2) is 5.90. The molecule has 0 radical (unpaired) electrons. The molecule has 2 nitrogen and oxygen atoms in total.